The molecule has 1 fully saturated rings. The van der Waals surface area contributed by atoms with E-state index in [2.05, 4.69) is 9.71 Å². The molecule has 0 atom stereocenters. The van der Waals surface area contributed by atoms with Crippen molar-refractivity contribution in [3.63, 3.8) is 0 Å². The zero-order valence-electron chi connectivity index (χ0n) is 10.0. The lowest BCUT2D eigenvalue weighted by Gasteiger charge is -2.08. The minimum absolute atomic E-state index is 0.132. The van der Waals surface area contributed by atoms with Gasteiger partial charge in [0, 0.05) is 19.3 Å². The number of hydrogen-bond acceptors (Lipinski definition) is 5. The van der Waals surface area contributed by atoms with E-state index in [0.717, 1.165) is 0 Å². The highest BCUT2D eigenvalue weighted by molar-refractivity contribution is 7.89. The minimum atomic E-state index is -3.64. The first-order valence-corrected chi connectivity index (χ1v) is 7.36. The van der Waals surface area contributed by atoms with Gasteiger partial charge in [0.2, 0.25) is 0 Å². The molecular formula is C11H17N3O3S. The number of sulfonamides is 1. The summed E-state index contributed by atoms with van der Waals surface area (Å²) in [5.74, 6) is 0.674. The number of ether oxygens (including phenoxy) is 1. The van der Waals surface area contributed by atoms with Crippen LogP contribution in [0.1, 0.15) is 12.8 Å². The number of nitrogens with one attached hydrogen (secondary N) is 1. The normalized spacial score (nSPS) is 15.8. The van der Waals surface area contributed by atoms with Crippen LogP contribution in [0.3, 0.4) is 0 Å². The smallest absolute Gasteiger partial charge is 0.260 e. The lowest BCUT2D eigenvalue weighted by atomic mass is 10.4. The number of aromatic nitrogens is 1. The number of nitrogens with zero attached hydrogens (tertiary/aromatic N) is 1. The molecule has 0 radical (unpaired) electrons. The molecule has 1 aromatic rings. The summed E-state index contributed by atoms with van der Waals surface area (Å²) in [6.45, 7) is 1.31. The molecule has 2 rings (SSSR count). The summed E-state index contributed by atoms with van der Waals surface area (Å²) >= 11 is 0. The fourth-order valence-corrected chi connectivity index (χ4v) is 2.55. The zero-order valence-corrected chi connectivity index (χ0v) is 10.8. The van der Waals surface area contributed by atoms with Gasteiger partial charge < -0.3 is 10.5 Å². The highest BCUT2D eigenvalue weighted by atomic mass is 32.2. The van der Waals surface area contributed by atoms with Crippen LogP contribution in [0.5, 0.6) is 0 Å². The van der Waals surface area contributed by atoms with Gasteiger partial charge in [-0.25, -0.2) is 18.1 Å². The van der Waals surface area contributed by atoms with Gasteiger partial charge in [-0.1, -0.05) is 0 Å². The first kappa shape index (κ1) is 13.3. The average Bonchev–Trinajstić information content (AvgIpc) is 3.13. The van der Waals surface area contributed by atoms with E-state index < -0.39 is 10.0 Å². The van der Waals surface area contributed by atoms with Crippen molar-refractivity contribution in [3.05, 3.63) is 18.3 Å². The molecule has 1 aromatic heterocycles. The summed E-state index contributed by atoms with van der Waals surface area (Å²) in [4.78, 5) is 3.77. The Bertz CT molecular complexity index is 500. The summed E-state index contributed by atoms with van der Waals surface area (Å²) in [6.07, 6.45) is 3.83. The standard InChI is InChI=1S/C11H17N3O3S/c12-10-2-1-5-13-11(10)18(15,16)14-6-7-17-8-9-3-4-9/h1-2,5,9,14H,3-4,6-8,12H2. The van der Waals surface area contributed by atoms with E-state index in [1.807, 2.05) is 0 Å². The number of pyridine rings is 1. The Morgan fingerprint density at radius 3 is 2.94 bits per heavy atom. The van der Waals surface area contributed by atoms with Crippen LogP contribution < -0.4 is 10.5 Å². The summed E-state index contributed by atoms with van der Waals surface area (Å²) in [5, 5.41) is -0.132. The van der Waals surface area contributed by atoms with Crippen molar-refractivity contribution in [1.82, 2.24) is 9.71 Å². The van der Waals surface area contributed by atoms with Gasteiger partial charge in [-0.2, -0.15) is 0 Å². The second-order valence-electron chi connectivity index (χ2n) is 4.31. The lowest BCUT2D eigenvalue weighted by Crippen LogP contribution is -2.29. The number of hydrogen-bond donors (Lipinski definition) is 2. The molecule has 0 amide bonds. The van der Waals surface area contributed by atoms with Crippen molar-refractivity contribution in [2.45, 2.75) is 17.9 Å². The SMILES string of the molecule is Nc1cccnc1S(=O)(=O)NCCOCC1CC1. The van der Waals surface area contributed by atoms with Crippen molar-refractivity contribution >= 4 is 15.7 Å². The maximum Gasteiger partial charge on any atom is 0.260 e. The molecule has 0 bridgehead atoms. The molecule has 0 saturated heterocycles. The Morgan fingerprint density at radius 2 is 2.28 bits per heavy atom. The molecule has 3 N–H and O–H groups in total. The molecule has 0 aliphatic heterocycles. The molecule has 1 aliphatic rings. The van der Waals surface area contributed by atoms with E-state index >= 15 is 0 Å². The maximum absolute atomic E-state index is 11.9. The molecule has 100 valence electrons. The number of nitrogen functional groups attached to an aromatic ring is 1. The molecule has 1 aliphatic carbocycles. The van der Waals surface area contributed by atoms with Crippen LogP contribution in [-0.4, -0.2) is 33.2 Å². The fraction of sp³-hybridized carbons (Fsp3) is 0.545. The molecule has 0 spiro atoms. The predicted octanol–water partition coefficient (Wildman–Crippen LogP) is 0.369. The summed E-state index contributed by atoms with van der Waals surface area (Å²) < 4.78 is 31.5. The van der Waals surface area contributed by atoms with Crippen LogP contribution in [0.4, 0.5) is 5.69 Å². The van der Waals surface area contributed by atoms with E-state index in [1.54, 1.807) is 6.07 Å². The van der Waals surface area contributed by atoms with Gasteiger partial charge in [-0.05, 0) is 30.9 Å². The summed E-state index contributed by atoms with van der Waals surface area (Å²) in [6, 6.07) is 3.10. The zero-order chi connectivity index (χ0) is 13.0. The topological polar surface area (TPSA) is 94.3 Å². The van der Waals surface area contributed by atoms with Crippen LogP contribution in [0.25, 0.3) is 0 Å². The second kappa shape index (κ2) is 5.64. The van der Waals surface area contributed by atoms with Crippen LogP contribution in [0.15, 0.2) is 23.4 Å². The molecule has 18 heavy (non-hydrogen) atoms. The van der Waals surface area contributed by atoms with Crippen molar-refractivity contribution in [2.75, 3.05) is 25.5 Å². The molecule has 1 saturated carbocycles. The average molecular weight is 271 g/mol. The highest BCUT2D eigenvalue weighted by Crippen LogP contribution is 2.28. The second-order valence-corrected chi connectivity index (χ2v) is 6.00. The Morgan fingerprint density at radius 1 is 1.50 bits per heavy atom. The third-order valence-electron chi connectivity index (χ3n) is 2.64. The van der Waals surface area contributed by atoms with Gasteiger partial charge in [-0.3, -0.25) is 0 Å². The molecule has 0 aromatic carbocycles. The number of anilines is 1. The van der Waals surface area contributed by atoms with Gasteiger partial charge in [0.1, 0.15) is 0 Å². The van der Waals surface area contributed by atoms with Gasteiger partial charge >= 0.3 is 0 Å². The third-order valence-corrected chi connectivity index (χ3v) is 4.08. The summed E-state index contributed by atoms with van der Waals surface area (Å²) in [5.41, 5.74) is 5.71. The van der Waals surface area contributed by atoms with Gasteiger partial charge in [-0.15, -0.1) is 0 Å². The third kappa shape index (κ3) is 3.66. The van der Waals surface area contributed by atoms with Gasteiger partial charge in [0.05, 0.1) is 12.3 Å². The largest absolute Gasteiger partial charge is 0.396 e. The Hall–Kier alpha value is -1.18. The van der Waals surface area contributed by atoms with Crippen molar-refractivity contribution in [2.24, 2.45) is 5.92 Å². The Kier molecular flexibility index (Phi) is 4.15. The molecular weight excluding hydrogens is 254 g/mol. The molecule has 0 unspecified atom stereocenters. The first-order valence-electron chi connectivity index (χ1n) is 5.87. The monoisotopic (exact) mass is 271 g/mol. The van der Waals surface area contributed by atoms with Crippen LogP contribution >= 0.6 is 0 Å². The van der Waals surface area contributed by atoms with Crippen molar-refractivity contribution in [3.8, 4) is 0 Å². The van der Waals surface area contributed by atoms with Crippen molar-refractivity contribution < 1.29 is 13.2 Å². The van der Waals surface area contributed by atoms with Crippen LogP contribution in [0, 0.1) is 5.92 Å². The van der Waals surface area contributed by atoms with E-state index in [4.69, 9.17) is 10.5 Å². The van der Waals surface area contributed by atoms with Crippen LogP contribution in [0.2, 0.25) is 0 Å². The Labute approximate surface area is 107 Å². The predicted molar refractivity (Wildman–Crippen MR) is 67.4 cm³/mol. The molecule has 6 nitrogen and oxygen atoms in total. The van der Waals surface area contributed by atoms with Gasteiger partial charge in [0.25, 0.3) is 10.0 Å². The van der Waals surface area contributed by atoms with E-state index in [1.165, 1.54) is 25.1 Å². The van der Waals surface area contributed by atoms with Crippen molar-refractivity contribution in [1.29, 1.82) is 0 Å². The Balaban J connectivity index is 1.81. The number of nitrogens with two attached hydrogens (primary N) is 1. The minimum Gasteiger partial charge on any atom is -0.396 e. The van der Waals surface area contributed by atoms with Crippen LogP contribution in [-0.2, 0) is 14.8 Å². The summed E-state index contributed by atoms with van der Waals surface area (Å²) in [7, 11) is -3.64. The first-order chi connectivity index (χ1) is 8.59. The van der Waals surface area contributed by atoms with E-state index in [0.29, 0.717) is 19.1 Å². The fourth-order valence-electron chi connectivity index (χ4n) is 1.48. The van der Waals surface area contributed by atoms with E-state index in [-0.39, 0.29) is 17.3 Å². The van der Waals surface area contributed by atoms with Gasteiger partial charge in [0.15, 0.2) is 5.03 Å². The maximum atomic E-state index is 11.9. The van der Waals surface area contributed by atoms with E-state index in [9.17, 15) is 8.42 Å². The number of rotatable bonds is 7. The molecule has 1 heterocycles. The molecule has 7 heteroatoms. The quantitative estimate of drug-likeness (QED) is 0.699. The highest BCUT2D eigenvalue weighted by Gasteiger charge is 2.21. The lowest BCUT2D eigenvalue weighted by molar-refractivity contribution is 0.129.